The van der Waals surface area contributed by atoms with Crippen LogP contribution < -0.4 is 5.32 Å². The summed E-state index contributed by atoms with van der Waals surface area (Å²) >= 11 is 1.55. The highest BCUT2D eigenvalue weighted by Gasteiger charge is 2.21. The minimum absolute atomic E-state index is 0.200. The summed E-state index contributed by atoms with van der Waals surface area (Å²) in [6, 6.07) is 7.84. The summed E-state index contributed by atoms with van der Waals surface area (Å²) in [5.41, 5.74) is 2.37. The first-order chi connectivity index (χ1) is 10.3. The quantitative estimate of drug-likeness (QED) is 0.890. The summed E-state index contributed by atoms with van der Waals surface area (Å²) < 4.78 is 0. The van der Waals surface area contributed by atoms with Crippen LogP contribution >= 0.6 is 11.8 Å². The summed E-state index contributed by atoms with van der Waals surface area (Å²) in [6.07, 6.45) is 1.93. The van der Waals surface area contributed by atoms with Crippen molar-refractivity contribution < 1.29 is 9.90 Å². The molecule has 2 N–H and O–H groups in total. The first kappa shape index (κ1) is 16.8. The molecule has 2 rings (SSSR count). The molecule has 0 aliphatic rings. The SMILES string of the molecule is CSCC(C)(O)CNC(=O)c1cc2ccc(C)cc2nc1C. The van der Waals surface area contributed by atoms with E-state index in [-0.39, 0.29) is 12.5 Å². The number of fused-ring (bicyclic) bond motifs is 1. The number of nitrogens with one attached hydrogen (secondary N) is 1. The van der Waals surface area contributed by atoms with Gasteiger partial charge in [0.2, 0.25) is 0 Å². The number of nitrogens with zero attached hydrogens (tertiary/aromatic N) is 1. The van der Waals surface area contributed by atoms with Crippen molar-refractivity contribution in [3.63, 3.8) is 0 Å². The number of pyridine rings is 1. The summed E-state index contributed by atoms with van der Waals surface area (Å²) in [5.74, 6) is 0.371. The number of aliphatic hydroxyl groups is 1. The smallest absolute Gasteiger partial charge is 0.253 e. The number of carbonyl (C=O) groups excluding carboxylic acids is 1. The normalized spacial score (nSPS) is 13.9. The molecule has 1 unspecified atom stereocenters. The predicted molar refractivity (Wildman–Crippen MR) is 92.6 cm³/mol. The molecule has 0 radical (unpaired) electrons. The fourth-order valence-corrected chi connectivity index (χ4v) is 3.06. The van der Waals surface area contributed by atoms with Gasteiger partial charge in [0.15, 0.2) is 0 Å². The molecule has 1 heterocycles. The molecule has 1 amide bonds. The van der Waals surface area contributed by atoms with Crippen molar-refractivity contribution in [3.8, 4) is 0 Å². The zero-order valence-electron chi connectivity index (χ0n) is 13.4. The molecule has 2 aromatic rings. The van der Waals surface area contributed by atoms with Crippen molar-refractivity contribution in [2.24, 2.45) is 0 Å². The van der Waals surface area contributed by atoms with Crippen molar-refractivity contribution in [1.29, 1.82) is 0 Å². The molecule has 0 bridgehead atoms. The molecular weight excluding hydrogens is 296 g/mol. The van der Waals surface area contributed by atoms with Gasteiger partial charge < -0.3 is 10.4 Å². The second-order valence-corrected chi connectivity index (χ2v) is 6.80. The van der Waals surface area contributed by atoms with Crippen molar-refractivity contribution >= 4 is 28.6 Å². The summed E-state index contributed by atoms with van der Waals surface area (Å²) in [4.78, 5) is 16.9. The lowest BCUT2D eigenvalue weighted by Gasteiger charge is -2.22. The Balaban J connectivity index is 2.21. The van der Waals surface area contributed by atoms with Gasteiger partial charge in [-0.3, -0.25) is 9.78 Å². The molecule has 5 heteroatoms. The Morgan fingerprint density at radius 2 is 2.09 bits per heavy atom. The van der Waals surface area contributed by atoms with E-state index in [4.69, 9.17) is 0 Å². The Kier molecular flexibility index (Phi) is 5.08. The van der Waals surface area contributed by atoms with Gasteiger partial charge in [-0.1, -0.05) is 12.1 Å². The number of hydrogen-bond acceptors (Lipinski definition) is 4. The van der Waals surface area contributed by atoms with Crippen LogP contribution in [0, 0.1) is 13.8 Å². The van der Waals surface area contributed by atoms with Crippen LogP contribution in [0.3, 0.4) is 0 Å². The lowest BCUT2D eigenvalue weighted by atomic mass is 10.1. The number of amides is 1. The zero-order valence-corrected chi connectivity index (χ0v) is 14.3. The topological polar surface area (TPSA) is 62.2 Å². The van der Waals surface area contributed by atoms with Gasteiger partial charge in [-0.15, -0.1) is 0 Å². The summed E-state index contributed by atoms with van der Waals surface area (Å²) in [7, 11) is 0. The zero-order chi connectivity index (χ0) is 16.3. The fraction of sp³-hybridized carbons (Fsp3) is 0.412. The summed E-state index contributed by atoms with van der Waals surface area (Å²) in [5, 5.41) is 13.9. The van der Waals surface area contributed by atoms with Crippen molar-refractivity contribution in [2.75, 3.05) is 18.6 Å². The van der Waals surface area contributed by atoms with Gasteiger partial charge in [-0.05, 0) is 44.7 Å². The maximum Gasteiger partial charge on any atom is 0.253 e. The number of aromatic nitrogens is 1. The third-order valence-electron chi connectivity index (χ3n) is 3.49. The van der Waals surface area contributed by atoms with E-state index in [9.17, 15) is 9.90 Å². The number of thioether (sulfide) groups is 1. The van der Waals surface area contributed by atoms with E-state index in [2.05, 4.69) is 10.3 Å². The highest BCUT2D eigenvalue weighted by molar-refractivity contribution is 7.98. The first-order valence-corrected chi connectivity index (χ1v) is 8.59. The second-order valence-electron chi connectivity index (χ2n) is 5.93. The van der Waals surface area contributed by atoms with Crippen molar-refractivity contribution in [3.05, 3.63) is 41.1 Å². The Labute approximate surface area is 135 Å². The molecule has 118 valence electrons. The molecule has 0 aliphatic heterocycles. The standard InChI is InChI=1S/C17H22N2O2S/c1-11-5-6-13-8-14(12(2)19-15(13)7-11)16(20)18-9-17(3,21)10-22-4/h5-8,21H,9-10H2,1-4H3,(H,18,20). The van der Waals surface area contributed by atoms with Gasteiger partial charge in [0.05, 0.1) is 22.4 Å². The van der Waals surface area contributed by atoms with Gasteiger partial charge in [-0.25, -0.2) is 0 Å². The number of aryl methyl sites for hydroxylation is 2. The molecule has 1 aromatic carbocycles. The molecular formula is C17H22N2O2S. The van der Waals surface area contributed by atoms with Gasteiger partial charge in [0.1, 0.15) is 0 Å². The van der Waals surface area contributed by atoms with E-state index in [0.717, 1.165) is 16.5 Å². The third-order valence-corrected chi connectivity index (χ3v) is 4.40. The highest BCUT2D eigenvalue weighted by atomic mass is 32.2. The van der Waals surface area contributed by atoms with Crippen LogP contribution in [0.15, 0.2) is 24.3 Å². The van der Waals surface area contributed by atoms with Crippen LogP contribution in [0.25, 0.3) is 10.9 Å². The lowest BCUT2D eigenvalue weighted by molar-refractivity contribution is 0.0724. The maximum absolute atomic E-state index is 12.4. The predicted octanol–water partition coefficient (Wildman–Crippen LogP) is 2.70. The third kappa shape index (κ3) is 3.99. The van der Waals surface area contributed by atoms with Gasteiger partial charge in [0.25, 0.3) is 5.91 Å². The van der Waals surface area contributed by atoms with E-state index >= 15 is 0 Å². The van der Waals surface area contributed by atoms with E-state index < -0.39 is 5.60 Å². The lowest BCUT2D eigenvalue weighted by Crippen LogP contribution is -2.42. The molecule has 0 fully saturated rings. The highest BCUT2D eigenvalue weighted by Crippen LogP contribution is 2.18. The minimum atomic E-state index is -0.912. The Hall–Kier alpha value is -1.59. The van der Waals surface area contributed by atoms with Gasteiger partial charge >= 0.3 is 0 Å². The molecule has 1 aromatic heterocycles. The molecule has 0 aliphatic carbocycles. The molecule has 22 heavy (non-hydrogen) atoms. The van der Waals surface area contributed by atoms with Crippen LogP contribution in [0.1, 0.15) is 28.5 Å². The minimum Gasteiger partial charge on any atom is -0.387 e. The molecule has 0 saturated heterocycles. The fourth-order valence-electron chi connectivity index (χ4n) is 2.33. The Morgan fingerprint density at radius 1 is 1.36 bits per heavy atom. The number of rotatable bonds is 5. The van der Waals surface area contributed by atoms with Crippen LogP contribution in [0.5, 0.6) is 0 Å². The van der Waals surface area contributed by atoms with Crippen LogP contribution in [-0.4, -0.2) is 40.2 Å². The maximum atomic E-state index is 12.4. The van der Waals surface area contributed by atoms with Crippen molar-refractivity contribution in [2.45, 2.75) is 26.4 Å². The summed E-state index contributed by atoms with van der Waals surface area (Å²) in [6.45, 7) is 5.79. The van der Waals surface area contributed by atoms with Gasteiger partial charge in [0, 0.05) is 17.7 Å². The number of hydrogen-bond donors (Lipinski definition) is 2. The average molecular weight is 318 g/mol. The van der Waals surface area contributed by atoms with E-state index in [1.54, 1.807) is 18.7 Å². The van der Waals surface area contributed by atoms with E-state index in [0.29, 0.717) is 17.0 Å². The van der Waals surface area contributed by atoms with E-state index in [1.165, 1.54) is 0 Å². The Morgan fingerprint density at radius 3 is 2.77 bits per heavy atom. The van der Waals surface area contributed by atoms with Crippen LogP contribution in [-0.2, 0) is 0 Å². The second kappa shape index (κ2) is 6.67. The van der Waals surface area contributed by atoms with Crippen LogP contribution in [0.4, 0.5) is 0 Å². The largest absolute Gasteiger partial charge is 0.387 e. The molecule has 1 atom stereocenters. The van der Waals surface area contributed by atoms with Crippen LogP contribution in [0.2, 0.25) is 0 Å². The number of carbonyl (C=O) groups is 1. The average Bonchev–Trinajstić information content (AvgIpc) is 2.44. The Bertz CT molecular complexity index is 698. The molecule has 0 spiro atoms. The van der Waals surface area contributed by atoms with E-state index in [1.807, 2.05) is 44.4 Å². The monoisotopic (exact) mass is 318 g/mol. The van der Waals surface area contributed by atoms with Gasteiger partial charge in [-0.2, -0.15) is 11.8 Å². The number of benzene rings is 1. The molecule has 4 nitrogen and oxygen atoms in total. The first-order valence-electron chi connectivity index (χ1n) is 7.20. The molecule has 0 saturated carbocycles. The van der Waals surface area contributed by atoms with Crippen molar-refractivity contribution in [1.82, 2.24) is 10.3 Å².